The SMILES string of the molecule is CCC(C)C1=NN=C(C)CC1. The Morgan fingerprint density at radius 1 is 1.36 bits per heavy atom. The van der Waals surface area contributed by atoms with Gasteiger partial charge < -0.3 is 0 Å². The molecule has 11 heavy (non-hydrogen) atoms. The van der Waals surface area contributed by atoms with Crippen LogP contribution in [0.2, 0.25) is 0 Å². The Morgan fingerprint density at radius 2 is 2.09 bits per heavy atom. The molecule has 0 aromatic heterocycles. The lowest BCUT2D eigenvalue weighted by Crippen LogP contribution is -2.14. The van der Waals surface area contributed by atoms with Gasteiger partial charge in [0.15, 0.2) is 0 Å². The second-order valence-electron chi connectivity index (χ2n) is 3.24. The molecule has 1 aliphatic heterocycles. The van der Waals surface area contributed by atoms with E-state index in [2.05, 4.69) is 24.1 Å². The molecule has 0 amide bonds. The lowest BCUT2D eigenvalue weighted by molar-refractivity contribution is 0.713. The van der Waals surface area contributed by atoms with Gasteiger partial charge in [-0.1, -0.05) is 13.8 Å². The lowest BCUT2D eigenvalue weighted by Gasteiger charge is -2.14. The van der Waals surface area contributed by atoms with Crippen LogP contribution in [-0.4, -0.2) is 11.4 Å². The van der Waals surface area contributed by atoms with Gasteiger partial charge in [-0.15, -0.1) is 0 Å². The molecule has 0 aliphatic carbocycles. The van der Waals surface area contributed by atoms with Crippen LogP contribution in [0.15, 0.2) is 10.2 Å². The van der Waals surface area contributed by atoms with Crippen molar-refractivity contribution < 1.29 is 0 Å². The minimum Gasteiger partial charge on any atom is -0.160 e. The van der Waals surface area contributed by atoms with Crippen molar-refractivity contribution in [3.63, 3.8) is 0 Å². The summed E-state index contributed by atoms with van der Waals surface area (Å²) in [6.07, 6.45) is 3.39. The highest BCUT2D eigenvalue weighted by Gasteiger charge is 2.11. The van der Waals surface area contributed by atoms with E-state index in [-0.39, 0.29) is 0 Å². The number of hydrogen-bond donors (Lipinski definition) is 0. The highest BCUT2D eigenvalue weighted by atomic mass is 15.2. The van der Waals surface area contributed by atoms with Crippen LogP contribution in [0.25, 0.3) is 0 Å². The summed E-state index contributed by atoms with van der Waals surface area (Å²) >= 11 is 0. The maximum Gasteiger partial charge on any atom is 0.0437 e. The summed E-state index contributed by atoms with van der Waals surface area (Å²) in [6.45, 7) is 6.45. The zero-order valence-electron chi connectivity index (χ0n) is 7.59. The van der Waals surface area contributed by atoms with Gasteiger partial charge in [0.2, 0.25) is 0 Å². The van der Waals surface area contributed by atoms with Crippen molar-refractivity contribution in [3.05, 3.63) is 0 Å². The Labute approximate surface area is 68.4 Å². The van der Waals surface area contributed by atoms with E-state index in [1.54, 1.807) is 0 Å². The first kappa shape index (κ1) is 8.44. The van der Waals surface area contributed by atoms with E-state index in [1.807, 2.05) is 6.92 Å². The molecule has 0 aromatic carbocycles. The third kappa shape index (κ3) is 2.14. The summed E-state index contributed by atoms with van der Waals surface area (Å²) in [5, 5.41) is 8.27. The van der Waals surface area contributed by atoms with Crippen LogP contribution < -0.4 is 0 Å². The second-order valence-corrected chi connectivity index (χ2v) is 3.24. The Kier molecular flexibility index (Phi) is 2.80. The highest BCUT2D eigenvalue weighted by Crippen LogP contribution is 2.13. The van der Waals surface area contributed by atoms with Gasteiger partial charge in [0.25, 0.3) is 0 Å². The van der Waals surface area contributed by atoms with Crippen molar-refractivity contribution in [2.75, 3.05) is 0 Å². The van der Waals surface area contributed by atoms with E-state index < -0.39 is 0 Å². The molecular formula is C9H16N2. The molecule has 1 unspecified atom stereocenters. The summed E-state index contributed by atoms with van der Waals surface area (Å²) in [5.41, 5.74) is 2.44. The molecular weight excluding hydrogens is 136 g/mol. The van der Waals surface area contributed by atoms with Crippen molar-refractivity contribution >= 4 is 11.4 Å². The van der Waals surface area contributed by atoms with Crippen LogP contribution in [0, 0.1) is 5.92 Å². The Morgan fingerprint density at radius 3 is 2.55 bits per heavy atom. The molecule has 0 N–H and O–H groups in total. The fourth-order valence-corrected chi connectivity index (χ4v) is 1.14. The first-order valence-corrected chi connectivity index (χ1v) is 4.34. The third-order valence-corrected chi connectivity index (χ3v) is 2.27. The van der Waals surface area contributed by atoms with Crippen molar-refractivity contribution in [2.45, 2.75) is 40.0 Å². The minimum absolute atomic E-state index is 0.617. The van der Waals surface area contributed by atoms with Crippen molar-refractivity contribution in [2.24, 2.45) is 16.1 Å². The van der Waals surface area contributed by atoms with Gasteiger partial charge in [-0.05, 0) is 32.1 Å². The van der Waals surface area contributed by atoms with Crippen LogP contribution >= 0.6 is 0 Å². The Bertz CT molecular complexity index is 192. The first-order chi connectivity index (χ1) is 5.24. The van der Waals surface area contributed by atoms with Crippen LogP contribution in [0.4, 0.5) is 0 Å². The normalized spacial score (nSPS) is 20.6. The maximum atomic E-state index is 4.19. The lowest BCUT2D eigenvalue weighted by atomic mass is 9.97. The summed E-state index contributed by atoms with van der Waals surface area (Å²) in [6, 6.07) is 0. The molecule has 1 atom stereocenters. The van der Waals surface area contributed by atoms with Gasteiger partial charge in [0.1, 0.15) is 0 Å². The van der Waals surface area contributed by atoms with Gasteiger partial charge in [0, 0.05) is 11.4 Å². The van der Waals surface area contributed by atoms with Crippen LogP contribution in [-0.2, 0) is 0 Å². The molecule has 62 valence electrons. The van der Waals surface area contributed by atoms with Gasteiger partial charge in [-0.3, -0.25) is 0 Å². The minimum atomic E-state index is 0.617. The highest BCUT2D eigenvalue weighted by molar-refractivity contribution is 5.94. The van der Waals surface area contributed by atoms with Crippen LogP contribution in [0.1, 0.15) is 40.0 Å². The molecule has 0 saturated carbocycles. The summed E-state index contributed by atoms with van der Waals surface area (Å²) in [4.78, 5) is 0. The monoisotopic (exact) mass is 152 g/mol. The van der Waals surface area contributed by atoms with E-state index in [9.17, 15) is 0 Å². The zero-order chi connectivity index (χ0) is 8.27. The molecule has 0 bridgehead atoms. The van der Waals surface area contributed by atoms with E-state index in [1.165, 1.54) is 12.1 Å². The molecule has 1 heterocycles. The van der Waals surface area contributed by atoms with Gasteiger partial charge >= 0.3 is 0 Å². The van der Waals surface area contributed by atoms with E-state index >= 15 is 0 Å². The van der Waals surface area contributed by atoms with Crippen molar-refractivity contribution in [3.8, 4) is 0 Å². The second kappa shape index (κ2) is 3.65. The third-order valence-electron chi connectivity index (χ3n) is 2.27. The maximum absolute atomic E-state index is 4.19. The van der Waals surface area contributed by atoms with Gasteiger partial charge in [-0.25, -0.2) is 0 Å². The molecule has 0 saturated heterocycles. The smallest absolute Gasteiger partial charge is 0.0437 e. The molecule has 0 fully saturated rings. The van der Waals surface area contributed by atoms with Gasteiger partial charge in [0.05, 0.1) is 0 Å². The predicted molar refractivity (Wildman–Crippen MR) is 49.2 cm³/mol. The van der Waals surface area contributed by atoms with Gasteiger partial charge in [-0.2, -0.15) is 10.2 Å². The molecule has 0 radical (unpaired) electrons. The van der Waals surface area contributed by atoms with Crippen molar-refractivity contribution in [1.29, 1.82) is 0 Å². The fourth-order valence-electron chi connectivity index (χ4n) is 1.14. The molecule has 1 aliphatic rings. The molecule has 2 nitrogen and oxygen atoms in total. The quantitative estimate of drug-likeness (QED) is 0.581. The van der Waals surface area contributed by atoms with E-state index in [4.69, 9.17) is 0 Å². The average Bonchev–Trinajstić information content (AvgIpc) is 2.05. The summed E-state index contributed by atoms with van der Waals surface area (Å²) < 4.78 is 0. The van der Waals surface area contributed by atoms with E-state index in [0.29, 0.717) is 5.92 Å². The predicted octanol–water partition coefficient (Wildman–Crippen LogP) is 2.64. The summed E-state index contributed by atoms with van der Waals surface area (Å²) in [5.74, 6) is 0.617. The largest absolute Gasteiger partial charge is 0.160 e. The van der Waals surface area contributed by atoms with Crippen molar-refractivity contribution in [1.82, 2.24) is 0 Å². The number of rotatable bonds is 2. The molecule has 1 rings (SSSR count). The Balaban J connectivity index is 2.60. The fraction of sp³-hybridized carbons (Fsp3) is 0.778. The molecule has 0 spiro atoms. The number of nitrogens with zero attached hydrogens (tertiary/aromatic N) is 2. The zero-order valence-corrected chi connectivity index (χ0v) is 7.59. The molecule has 2 heteroatoms. The Hall–Kier alpha value is -0.660. The average molecular weight is 152 g/mol. The standard InChI is InChI=1S/C9H16N2/c1-4-7(2)9-6-5-8(3)10-11-9/h7H,4-6H2,1-3H3. The van der Waals surface area contributed by atoms with Crippen LogP contribution in [0.3, 0.4) is 0 Å². The molecule has 0 aromatic rings. The number of hydrogen-bond acceptors (Lipinski definition) is 2. The topological polar surface area (TPSA) is 24.7 Å². The van der Waals surface area contributed by atoms with Crippen LogP contribution in [0.5, 0.6) is 0 Å². The first-order valence-electron chi connectivity index (χ1n) is 4.34. The summed E-state index contributed by atoms with van der Waals surface area (Å²) in [7, 11) is 0. The van der Waals surface area contributed by atoms with E-state index in [0.717, 1.165) is 18.6 Å².